The molecule has 2 aromatic rings. The molecule has 1 aromatic carbocycles. The van der Waals surface area contributed by atoms with Crippen molar-refractivity contribution in [1.29, 1.82) is 0 Å². The van der Waals surface area contributed by atoms with Gasteiger partial charge in [-0.15, -0.1) is 0 Å². The van der Waals surface area contributed by atoms with Crippen LogP contribution < -0.4 is 21.9 Å². The van der Waals surface area contributed by atoms with Gasteiger partial charge in [-0.2, -0.15) is 0 Å². The van der Waals surface area contributed by atoms with Crippen LogP contribution in [0.5, 0.6) is 0 Å². The fraction of sp³-hybridized carbons (Fsp3) is 0.188. The van der Waals surface area contributed by atoms with Crippen LogP contribution in [0.2, 0.25) is 0 Å². The maximum Gasteiger partial charge on any atom is 0.316 e. The third-order valence-corrected chi connectivity index (χ3v) is 3.31. The van der Waals surface area contributed by atoms with Crippen LogP contribution in [-0.2, 0) is 6.54 Å². The first-order chi connectivity index (χ1) is 10.9. The molecule has 0 aliphatic rings. The van der Waals surface area contributed by atoms with E-state index in [1.807, 2.05) is 13.0 Å². The zero-order chi connectivity index (χ0) is 17.0. The minimum Gasteiger partial charge on any atom is -0.351 e. The van der Waals surface area contributed by atoms with Crippen LogP contribution in [0.3, 0.4) is 0 Å². The van der Waals surface area contributed by atoms with Gasteiger partial charge in [0.05, 0.1) is 0 Å². The second kappa shape index (κ2) is 6.78. The van der Waals surface area contributed by atoms with Crippen LogP contribution in [-0.4, -0.2) is 16.9 Å². The van der Waals surface area contributed by atoms with Crippen LogP contribution in [0, 0.1) is 13.8 Å². The van der Waals surface area contributed by atoms with Crippen molar-refractivity contribution in [1.82, 2.24) is 10.3 Å². The fourth-order valence-electron chi connectivity index (χ4n) is 2.25. The van der Waals surface area contributed by atoms with E-state index in [1.54, 1.807) is 25.1 Å². The number of nitrogens with two attached hydrogens (primary N) is 1. The summed E-state index contributed by atoms with van der Waals surface area (Å²) in [6, 6.07) is 7.50. The number of amides is 3. The highest BCUT2D eigenvalue weighted by Gasteiger charge is 2.10. The molecule has 0 fully saturated rings. The van der Waals surface area contributed by atoms with Crippen LogP contribution in [0.1, 0.15) is 27.2 Å². The molecule has 0 saturated heterocycles. The van der Waals surface area contributed by atoms with Gasteiger partial charge in [-0.25, -0.2) is 4.79 Å². The van der Waals surface area contributed by atoms with E-state index in [4.69, 9.17) is 5.73 Å². The van der Waals surface area contributed by atoms with Gasteiger partial charge in [-0.1, -0.05) is 6.07 Å². The molecule has 1 aromatic heterocycles. The molecule has 0 aliphatic heterocycles. The Morgan fingerprint density at radius 2 is 1.96 bits per heavy atom. The minimum atomic E-state index is -0.704. The van der Waals surface area contributed by atoms with Gasteiger partial charge >= 0.3 is 6.03 Å². The number of primary amides is 1. The highest BCUT2D eigenvalue weighted by atomic mass is 16.2. The normalized spacial score (nSPS) is 10.2. The summed E-state index contributed by atoms with van der Waals surface area (Å²) < 4.78 is 0. The summed E-state index contributed by atoms with van der Waals surface area (Å²) in [7, 11) is 0. The topological polar surface area (TPSA) is 117 Å². The molecule has 3 amide bonds. The Balaban J connectivity index is 2.11. The lowest BCUT2D eigenvalue weighted by Crippen LogP contribution is -2.28. The number of aryl methyl sites for hydroxylation is 2. The number of pyridine rings is 1. The second-order valence-electron chi connectivity index (χ2n) is 5.20. The maximum absolute atomic E-state index is 12.2. The lowest BCUT2D eigenvalue weighted by molar-refractivity contribution is 0.0950. The lowest BCUT2D eigenvalue weighted by atomic mass is 10.1. The first-order valence-corrected chi connectivity index (χ1v) is 7.01. The SMILES string of the molecule is Cc1cc(C)c(CNC(=O)c2cccc(NC(N)=O)c2)c(=O)[nH]1. The number of carbonyl (C=O) groups excluding carboxylic acids is 2. The van der Waals surface area contributed by atoms with E-state index in [-0.39, 0.29) is 18.0 Å². The number of aromatic nitrogens is 1. The van der Waals surface area contributed by atoms with Crippen molar-refractivity contribution in [3.05, 3.63) is 63.1 Å². The van der Waals surface area contributed by atoms with E-state index in [9.17, 15) is 14.4 Å². The van der Waals surface area contributed by atoms with Crippen LogP contribution in [0.15, 0.2) is 35.1 Å². The van der Waals surface area contributed by atoms with Crippen molar-refractivity contribution in [2.75, 3.05) is 5.32 Å². The van der Waals surface area contributed by atoms with Gasteiger partial charge in [-0.05, 0) is 43.7 Å². The predicted octanol–water partition coefficient (Wildman–Crippen LogP) is 1.41. The summed E-state index contributed by atoms with van der Waals surface area (Å²) in [6.45, 7) is 3.74. The highest BCUT2D eigenvalue weighted by molar-refractivity contribution is 5.96. The summed E-state index contributed by atoms with van der Waals surface area (Å²) in [6.07, 6.45) is 0. The Hall–Kier alpha value is -3.09. The molecule has 0 bridgehead atoms. The smallest absolute Gasteiger partial charge is 0.316 e. The monoisotopic (exact) mass is 314 g/mol. The van der Waals surface area contributed by atoms with Crippen molar-refractivity contribution in [3.63, 3.8) is 0 Å². The largest absolute Gasteiger partial charge is 0.351 e. The number of hydrogen-bond donors (Lipinski definition) is 4. The van der Waals surface area contributed by atoms with Crippen molar-refractivity contribution in [2.24, 2.45) is 5.73 Å². The number of anilines is 1. The van der Waals surface area contributed by atoms with Crippen LogP contribution in [0.25, 0.3) is 0 Å². The third kappa shape index (κ3) is 4.19. The number of carbonyl (C=O) groups is 2. The molecule has 120 valence electrons. The number of rotatable bonds is 4. The first kappa shape index (κ1) is 16.3. The van der Waals surface area contributed by atoms with E-state index in [0.717, 1.165) is 11.3 Å². The van der Waals surface area contributed by atoms with Gasteiger partial charge < -0.3 is 21.4 Å². The summed E-state index contributed by atoms with van der Waals surface area (Å²) >= 11 is 0. The highest BCUT2D eigenvalue weighted by Crippen LogP contribution is 2.11. The Morgan fingerprint density at radius 3 is 2.61 bits per heavy atom. The number of H-pyrrole nitrogens is 1. The number of benzene rings is 1. The third-order valence-electron chi connectivity index (χ3n) is 3.31. The average Bonchev–Trinajstić information content (AvgIpc) is 2.45. The van der Waals surface area contributed by atoms with E-state index < -0.39 is 6.03 Å². The van der Waals surface area contributed by atoms with Crippen molar-refractivity contribution in [2.45, 2.75) is 20.4 Å². The zero-order valence-corrected chi connectivity index (χ0v) is 12.9. The van der Waals surface area contributed by atoms with E-state index in [0.29, 0.717) is 16.8 Å². The van der Waals surface area contributed by atoms with E-state index in [2.05, 4.69) is 15.6 Å². The van der Waals surface area contributed by atoms with Crippen LogP contribution >= 0.6 is 0 Å². The Bertz CT molecular complexity index is 811. The van der Waals surface area contributed by atoms with Gasteiger partial charge in [-0.3, -0.25) is 9.59 Å². The van der Waals surface area contributed by atoms with Gasteiger partial charge in [0.2, 0.25) is 0 Å². The Kier molecular flexibility index (Phi) is 4.80. The number of nitrogens with one attached hydrogen (secondary N) is 3. The summed E-state index contributed by atoms with van der Waals surface area (Å²) in [5, 5.41) is 5.10. The molecular formula is C16H18N4O3. The number of urea groups is 1. The molecule has 5 N–H and O–H groups in total. The van der Waals surface area contributed by atoms with Crippen LogP contribution in [0.4, 0.5) is 10.5 Å². The van der Waals surface area contributed by atoms with Crippen molar-refractivity contribution in [3.8, 4) is 0 Å². The molecule has 0 spiro atoms. The number of aromatic amines is 1. The number of hydrogen-bond acceptors (Lipinski definition) is 3. The molecule has 0 atom stereocenters. The molecule has 0 saturated carbocycles. The van der Waals surface area contributed by atoms with Gasteiger partial charge in [0.1, 0.15) is 0 Å². The average molecular weight is 314 g/mol. The Morgan fingerprint density at radius 1 is 1.22 bits per heavy atom. The standard InChI is InChI=1S/C16H18N4O3/c1-9-6-10(2)19-15(22)13(9)8-18-14(21)11-4-3-5-12(7-11)20-16(17)23/h3-7H,8H2,1-2H3,(H,18,21)(H,19,22)(H3,17,20,23). The van der Waals surface area contributed by atoms with E-state index >= 15 is 0 Å². The second-order valence-corrected chi connectivity index (χ2v) is 5.20. The molecule has 7 heteroatoms. The molecule has 1 heterocycles. The fourth-order valence-corrected chi connectivity index (χ4v) is 2.25. The predicted molar refractivity (Wildman–Crippen MR) is 87.4 cm³/mol. The summed E-state index contributed by atoms with van der Waals surface area (Å²) in [4.78, 5) is 37.6. The quantitative estimate of drug-likeness (QED) is 0.683. The molecule has 0 unspecified atom stereocenters. The van der Waals surface area contributed by atoms with Crippen molar-refractivity contribution < 1.29 is 9.59 Å². The minimum absolute atomic E-state index is 0.119. The van der Waals surface area contributed by atoms with Gasteiger partial charge in [0, 0.05) is 29.1 Å². The molecule has 2 rings (SSSR count). The Labute approximate surface area is 132 Å². The summed E-state index contributed by atoms with van der Waals surface area (Å²) in [5.74, 6) is -0.350. The molecule has 7 nitrogen and oxygen atoms in total. The molecule has 0 radical (unpaired) electrons. The molecular weight excluding hydrogens is 296 g/mol. The van der Waals surface area contributed by atoms with E-state index in [1.165, 1.54) is 6.07 Å². The molecule has 0 aliphatic carbocycles. The first-order valence-electron chi connectivity index (χ1n) is 7.01. The summed E-state index contributed by atoms with van der Waals surface area (Å²) in [5.41, 5.74) is 7.71. The molecule has 23 heavy (non-hydrogen) atoms. The maximum atomic E-state index is 12.2. The van der Waals surface area contributed by atoms with Gasteiger partial charge in [0.15, 0.2) is 0 Å². The lowest BCUT2D eigenvalue weighted by Gasteiger charge is -2.09. The van der Waals surface area contributed by atoms with Gasteiger partial charge in [0.25, 0.3) is 11.5 Å². The zero-order valence-electron chi connectivity index (χ0n) is 12.9. The van der Waals surface area contributed by atoms with Crippen molar-refractivity contribution >= 4 is 17.6 Å².